The molecular weight excluding hydrogens is 475 g/mol. The summed E-state index contributed by atoms with van der Waals surface area (Å²) in [5.41, 5.74) is 2.13. The highest BCUT2D eigenvalue weighted by atomic mass is 35.5. The number of methoxy groups -OCH3 is 1. The van der Waals surface area contributed by atoms with Crippen LogP contribution in [0.2, 0.25) is 10.0 Å². The van der Waals surface area contributed by atoms with Crippen molar-refractivity contribution in [1.29, 1.82) is 0 Å². The third-order valence-electron chi connectivity index (χ3n) is 4.64. The maximum atomic E-state index is 12.3. The van der Waals surface area contributed by atoms with Crippen molar-refractivity contribution in [2.45, 2.75) is 13.8 Å². The van der Waals surface area contributed by atoms with E-state index in [1.807, 2.05) is 11.6 Å². The Hall–Kier alpha value is -2.81. The predicted molar refractivity (Wildman–Crippen MR) is 124 cm³/mol. The van der Waals surface area contributed by atoms with E-state index < -0.39 is 15.9 Å². The Morgan fingerprint density at radius 1 is 1.09 bits per heavy atom. The maximum absolute atomic E-state index is 12.3. The molecule has 0 saturated carbocycles. The molecule has 1 amide bonds. The van der Waals surface area contributed by atoms with Crippen molar-refractivity contribution in [2.24, 2.45) is 0 Å². The molecule has 0 spiro atoms. The third kappa shape index (κ3) is 5.32. The number of amides is 1. The summed E-state index contributed by atoms with van der Waals surface area (Å²) in [6.45, 7) is 3.27. The van der Waals surface area contributed by atoms with Gasteiger partial charge in [-0.3, -0.25) is 4.79 Å². The second-order valence-corrected chi connectivity index (χ2v) is 9.55. The van der Waals surface area contributed by atoms with Crippen molar-refractivity contribution >= 4 is 39.1 Å². The summed E-state index contributed by atoms with van der Waals surface area (Å²) in [7, 11) is -2.24. The van der Waals surface area contributed by atoms with Crippen LogP contribution < -0.4 is 14.2 Å². The predicted octanol–water partition coefficient (Wildman–Crippen LogP) is 5.24. The van der Waals surface area contributed by atoms with Crippen molar-refractivity contribution in [3.8, 4) is 28.5 Å². The number of aromatic nitrogens is 1. The molecule has 7 nitrogen and oxygen atoms in total. The largest absolute Gasteiger partial charge is 0.496 e. The van der Waals surface area contributed by atoms with Gasteiger partial charge in [-0.15, -0.1) is 0 Å². The van der Waals surface area contributed by atoms with E-state index in [9.17, 15) is 13.2 Å². The number of sulfonamides is 1. The first-order chi connectivity index (χ1) is 15.1. The molecule has 1 heterocycles. The monoisotopic (exact) mass is 494 g/mol. The van der Waals surface area contributed by atoms with Gasteiger partial charge in [0, 0.05) is 33.5 Å². The summed E-state index contributed by atoms with van der Waals surface area (Å²) in [6.07, 6.45) is 1.56. The lowest BCUT2D eigenvalue weighted by Crippen LogP contribution is -2.31. The molecule has 0 radical (unpaired) electrons. The SMILES string of the molecule is CCS(=O)(=O)NC(=O)c1ccc(-c2cnc(Oc3cccc(Cl)c3C)c(Cl)c2)c(OC)c1. The van der Waals surface area contributed by atoms with E-state index in [0.717, 1.165) is 5.56 Å². The highest BCUT2D eigenvalue weighted by molar-refractivity contribution is 7.90. The van der Waals surface area contributed by atoms with Crippen LogP contribution in [0, 0.1) is 6.92 Å². The first-order valence-corrected chi connectivity index (χ1v) is 11.9. The summed E-state index contributed by atoms with van der Waals surface area (Å²) in [5, 5.41) is 0.829. The number of nitrogens with zero attached hydrogens (tertiary/aromatic N) is 1. The van der Waals surface area contributed by atoms with Gasteiger partial charge in [-0.25, -0.2) is 18.1 Å². The van der Waals surface area contributed by atoms with Crippen molar-refractivity contribution in [2.75, 3.05) is 12.9 Å². The van der Waals surface area contributed by atoms with Crippen LogP contribution in [0.3, 0.4) is 0 Å². The number of rotatable bonds is 7. The number of benzene rings is 2. The highest BCUT2D eigenvalue weighted by Gasteiger charge is 2.17. The number of carbonyl (C=O) groups excluding carboxylic acids is 1. The molecule has 0 aliphatic carbocycles. The summed E-state index contributed by atoms with van der Waals surface area (Å²) < 4.78 is 36.5. The van der Waals surface area contributed by atoms with Crippen LogP contribution in [0.25, 0.3) is 11.1 Å². The van der Waals surface area contributed by atoms with Crippen LogP contribution in [-0.2, 0) is 10.0 Å². The van der Waals surface area contributed by atoms with Crippen molar-refractivity contribution in [3.05, 3.63) is 69.8 Å². The molecule has 3 rings (SSSR count). The van der Waals surface area contributed by atoms with Gasteiger partial charge < -0.3 is 9.47 Å². The molecule has 32 heavy (non-hydrogen) atoms. The Morgan fingerprint density at radius 3 is 2.50 bits per heavy atom. The van der Waals surface area contributed by atoms with E-state index >= 15 is 0 Å². The maximum Gasteiger partial charge on any atom is 0.264 e. The van der Waals surface area contributed by atoms with E-state index in [4.69, 9.17) is 32.7 Å². The van der Waals surface area contributed by atoms with Crippen molar-refractivity contribution < 1.29 is 22.7 Å². The summed E-state index contributed by atoms with van der Waals surface area (Å²) >= 11 is 12.5. The zero-order valence-electron chi connectivity index (χ0n) is 17.5. The van der Waals surface area contributed by atoms with Gasteiger partial charge in [-0.1, -0.05) is 29.3 Å². The number of nitrogens with one attached hydrogen (secondary N) is 1. The standard InChI is InChI=1S/C22H20Cl2N2O5S/c1-4-32(28,29)26-21(27)14-8-9-16(20(11-14)30-3)15-10-18(24)22(25-12-15)31-19-7-5-6-17(23)13(19)2/h5-12H,4H2,1-3H3,(H,26,27). The minimum Gasteiger partial charge on any atom is -0.496 e. The van der Waals surface area contributed by atoms with E-state index in [1.54, 1.807) is 36.5 Å². The molecular formula is C22H20Cl2N2O5S. The van der Waals surface area contributed by atoms with Gasteiger partial charge in [0.05, 0.1) is 12.9 Å². The van der Waals surface area contributed by atoms with Crippen LogP contribution >= 0.6 is 23.2 Å². The molecule has 10 heteroatoms. The smallest absolute Gasteiger partial charge is 0.264 e. The molecule has 0 aliphatic rings. The minimum absolute atomic E-state index is 0.137. The van der Waals surface area contributed by atoms with Gasteiger partial charge in [-0.2, -0.15) is 0 Å². The number of halogens is 2. The molecule has 3 aromatic rings. The number of hydrogen-bond acceptors (Lipinski definition) is 6. The fourth-order valence-electron chi connectivity index (χ4n) is 2.79. The zero-order valence-corrected chi connectivity index (χ0v) is 19.8. The molecule has 168 valence electrons. The van der Waals surface area contributed by atoms with Crippen LogP contribution in [0.1, 0.15) is 22.8 Å². The number of hydrogen-bond donors (Lipinski definition) is 1. The van der Waals surface area contributed by atoms with E-state index in [2.05, 4.69) is 4.98 Å². The van der Waals surface area contributed by atoms with E-state index in [1.165, 1.54) is 26.2 Å². The zero-order chi connectivity index (χ0) is 23.5. The molecule has 2 aromatic carbocycles. The molecule has 1 aromatic heterocycles. The summed E-state index contributed by atoms with van der Waals surface area (Å²) in [4.78, 5) is 16.6. The van der Waals surface area contributed by atoms with Crippen molar-refractivity contribution in [3.63, 3.8) is 0 Å². The average Bonchev–Trinajstić information content (AvgIpc) is 2.77. The Bertz CT molecular complexity index is 1280. The van der Waals surface area contributed by atoms with Crippen LogP contribution in [0.15, 0.2) is 48.7 Å². The molecule has 0 unspecified atom stereocenters. The van der Waals surface area contributed by atoms with Crippen molar-refractivity contribution in [1.82, 2.24) is 9.71 Å². The van der Waals surface area contributed by atoms with Crippen LogP contribution in [-0.4, -0.2) is 32.2 Å². The normalized spacial score (nSPS) is 11.2. The topological polar surface area (TPSA) is 94.6 Å². The molecule has 0 atom stereocenters. The Kier molecular flexibility index (Phi) is 7.28. The first kappa shape index (κ1) is 23.8. The second kappa shape index (κ2) is 9.77. The fourth-order valence-corrected chi connectivity index (χ4v) is 3.71. The highest BCUT2D eigenvalue weighted by Crippen LogP contribution is 2.36. The lowest BCUT2D eigenvalue weighted by atomic mass is 10.0. The Morgan fingerprint density at radius 2 is 1.84 bits per heavy atom. The number of carbonyl (C=O) groups is 1. The molecule has 0 aliphatic heterocycles. The molecule has 0 bridgehead atoms. The minimum atomic E-state index is -3.68. The Labute approximate surface area is 196 Å². The first-order valence-electron chi connectivity index (χ1n) is 9.47. The van der Waals surface area contributed by atoms with Gasteiger partial charge in [0.2, 0.25) is 15.9 Å². The Balaban J connectivity index is 1.90. The summed E-state index contributed by atoms with van der Waals surface area (Å²) in [5.74, 6) is 0.147. The second-order valence-electron chi connectivity index (χ2n) is 6.73. The molecule has 0 fully saturated rings. The number of ether oxygens (including phenoxy) is 2. The lowest BCUT2D eigenvalue weighted by molar-refractivity contribution is 0.0981. The third-order valence-corrected chi connectivity index (χ3v) is 6.57. The quantitative estimate of drug-likeness (QED) is 0.482. The van der Waals surface area contributed by atoms with Gasteiger partial charge in [0.25, 0.3) is 5.91 Å². The van der Waals surface area contributed by atoms with Gasteiger partial charge in [0.1, 0.15) is 16.5 Å². The van der Waals surface area contributed by atoms with Gasteiger partial charge >= 0.3 is 0 Å². The van der Waals surface area contributed by atoms with Gasteiger partial charge in [0.15, 0.2) is 0 Å². The van der Waals surface area contributed by atoms with Crippen LogP contribution in [0.4, 0.5) is 0 Å². The van der Waals surface area contributed by atoms with Crippen LogP contribution in [0.5, 0.6) is 17.4 Å². The van der Waals surface area contributed by atoms with Gasteiger partial charge in [-0.05, 0) is 50.2 Å². The summed E-state index contributed by atoms with van der Waals surface area (Å²) in [6, 6.07) is 11.5. The fraction of sp³-hybridized carbons (Fsp3) is 0.182. The lowest BCUT2D eigenvalue weighted by Gasteiger charge is -2.13. The number of pyridine rings is 1. The van der Waals surface area contributed by atoms with E-state index in [0.29, 0.717) is 27.6 Å². The molecule has 0 saturated heterocycles. The van der Waals surface area contributed by atoms with E-state index in [-0.39, 0.29) is 22.2 Å². The molecule has 1 N–H and O–H groups in total. The average molecular weight is 495 g/mol.